The lowest BCUT2D eigenvalue weighted by Gasteiger charge is -2.15. The highest BCUT2D eigenvalue weighted by Gasteiger charge is 2.10. The first kappa shape index (κ1) is 19.3. The number of hydrogen-bond donors (Lipinski definition) is 3. The van der Waals surface area contributed by atoms with Gasteiger partial charge in [-0.2, -0.15) is 5.26 Å². The summed E-state index contributed by atoms with van der Waals surface area (Å²) in [7, 11) is 0. The van der Waals surface area contributed by atoms with Crippen molar-refractivity contribution in [3.63, 3.8) is 0 Å². The monoisotopic (exact) mass is 368 g/mol. The number of amides is 3. The number of thioether (sulfide) groups is 1. The third-order valence-electron chi connectivity index (χ3n) is 3.48. The Morgan fingerprint density at radius 3 is 2.27 bits per heavy atom. The Labute approximate surface area is 157 Å². The largest absolute Gasteiger partial charge is 0.349 e. The van der Waals surface area contributed by atoms with Crippen LogP contribution in [0.2, 0.25) is 0 Å². The molecule has 3 amide bonds. The summed E-state index contributed by atoms with van der Waals surface area (Å²) in [6, 6.07) is 18.0. The number of benzene rings is 2. The van der Waals surface area contributed by atoms with Crippen LogP contribution in [-0.2, 0) is 4.79 Å². The molecule has 6 nitrogen and oxygen atoms in total. The van der Waals surface area contributed by atoms with Gasteiger partial charge in [0.15, 0.2) is 0 Å². The van der Waals surface area contributed by atoms with E-state index in [0.29, 0.717) is 17.1 Å². The number of nitriles is 1. The number of urea groups is 1. The summed E-state index contributed by atoms with van der Waals surface area (Å²) in [5.74, 6) is 0.451. The van der Waals surface area contributed by atoms with E-state index < -0.39 is 0 Å². The number of hydrogen-bond acceptors (Lipinski definition) is 4. The number of rotatable bonds is 7. The molecule has 0 saturated heterocycles. The Hall–Kier alpha value is -2.98. The van der Waals surface area contributed by atoms with Crippen LogP contribution in [0, 0.1) is 11.3 Å². The van der Waals surface area contributed by atoms with E-state index in [-0.39, 0.29) is 23.7 Å². The van der Waals surface area contributed by atoms with Gasteiger partial charge < -0.3 is 16.0 Å². The summed E-state index contributed by atoms with van der Waals surface area (Å²) in [4.78, 5) is 23.7. The molecule has 0 aliphatic rings. The molecule has 2 rings (SSSR count). The minimum atomic E-state index is -0.320. The quantitative estimate of drug-likeness (QED) is 0.649. The molecule has 26 heavy (non-hydrogen) atoms. The normalized spacial score (nSPS) is 11.1. The van der Waals surface area contributed by atoms with Crippen molar-refractivity contribution < 1.29 is 9.59 Å². The third kappa shape index (κ3) is 6.49. The molecule has 1 atom stereocenters. The molecule has 2 aromatic rings. The fourth-order valence-corrected chi connectivity index (χ4v) is 2.69. The highest BCUT2D eigenvalue weighted by Crippen LogP contribution is 2.17. The van der Waals surface area contributed by atoms with E-state index in [2.05, 4.69) is 16.0 Å². The van der Waals surface area contributed by atoms with Crippen LogP contribution in [0.25, 0.3) is 0 Å². The molecule has 3 N–H and O–H groups in total. The molecule has 0 spiro atoms. The fraction of sp³-hybridized carbons (Fsp3) is 0.211. The number of para-hydroxylation sites is 1. The second kappa shape index (κ2) is 10.1. The molecule has 2 aromatic carbocycles. The van der Waals surface area contributed by atoms with Crippen LogP contribution >= 0.6 is 11.8 Å². The Bertz CT molecular complexity index is 772. The number of carbonyl (C=O) groups is 2. The molecule has 134 valence electrons. The molecular formula is C19H20N4O2S. The summed E-state index contributed by atoms with van der Waals surface area (Å²) in [6.45, 7) is 1.89. The first-order chi connectivity index (χ1) is 12.6. The molecular weight excluding hydrogens is 348 g/mol. The molecule has 0 radical (unpaired) electrons. The van der Waals surface area contributed by atoms with Crippen LogP contribution in [0.15, 0.2) is 54.6 Å². The molecule has 0 heterocycles. The minimum absolute atomic E-state index is 0.109. The average molecular weight is 368 g/mol. The molecule has 0 aliphatic heterocycles. The Morgan fingerprint density at radius 2 is 1.65 bits per heavy atom. The zero-order valence-electron chi connectivity index (χ0n) is 14.4. The predicted octanol–water partition coefficient (Wildman–Crippen LogP) is 3.76. The summed E-state index contributed by atoms with van der Waals surface area (Å²) >= 11 is 1.28. The maximum atomic E-state index is 12.0. The summed E-state index contributed by atoms with van der Waals surface area (Å²) in [5.41, 5.74) is 2.30. The molecule has 0 saturated carbocycles. The second-order valence-electron chi connectivity index (χ2n) is 5.51. The van der Waals surface area contributed by atoms with Gasteiger partial charge in [-0.15, -0.1) is 11.8 Å². The van der Waals surface area contributed by atoms with Crippen LogP contribution < -0.4 is 16.0 Å². The van der Waals surface area contributed by atoms with Gasteiger partial charge in [-0.3, -0.25) is 4.79 Å². The van der Waals surface area contributed by atoms with Crippen molar-refractivity contribution in [2.45, 2.75) is 13.0 Å². The van der Waals surface area contributed by atoms with Crippen molar-refractivity contribution >= 4 is 35.1 Å². The van der Waals surface area contributed by atoms with Crippen molar-refractivity contribution in [1.29, 1.82) is 5.26 Å². The average Bonchev–Trinajstić information content (AvgIpc) is 2.63. The maximum absolute atomic E-state index is 12.0. The van der Waals surface area contributed by atoms with Gasteiger partial charge in [0.25, 0.3) is 0 Å². The lowest BCUT2D eigenvalue weighted by atomic mass is 10.1. The van der Waals surface area contributed by atoms with Crippen molar-refractivity contribution in [3.05, 3.63) is 60.2 Å². The van der Waals surface area contributed by atoms with E-state index in [4.69, 9.17) is 5.26 Å². The highest BCUT2D eigenvalue weighted by atomic mass is 32.2. The van der Waals surface area contributed by atoms with E-state index in [1.807, 2.05) is 55.5 Å². The number of carbonyl (C=O) groups excluding carboxylic acids is 2. The van der Waals surface area contributed by atoms with Crippen molar-refractivity contribution in [2.24, 2.45) is 0 Å². The Balaban J connectivity index is 1.84. The van der Waals surface area contributed by atoms with Crippen LogP contribution in [0.3, 0.4) is 0 Å². The minimum Gasteiger partial charge on any atom is -0.349 e. The van der Waals surface area contributed by atoms with Gasteiger partial charge in [-0.25, -0.2) is 4.79 Å². The fourth-order valence-electron chi connectivity index (χ4n) is 2.23. The topological polar surface area (TPSA) is 94.0 Å². The smallest absolute Gasteiger partial charge is 0.323 e. The van der Waals surface area contributed by atoms with Crippen molar-refractivity contribution in [2.75, 3.05) is 22.1 Å². The Morgan fingerprint density at radius 1 is 1.04 bits per heavy atom. The molecule has 0 bridgehead atoms. The van der Waals surface area contributed by atoms with Crippen molar-refractivity contribution in [3.8, 4) is 6.07 Å². The summed E-state index contributed by atoms with van der Waals surface area (Å²) in [5, 5.41) is 16.9. The molecule has 7 heteroatoms. The van der Waals surface area contributed by atoms with E-state index >= 15 is 0 Å². The lowest BCUT2D eigenvalue weighted by molar-refractivity contribution is -0.119. The molecule has 0 aliphatic carbocycles. The van der Waals surface area contributed by atoms with Gasteiger partial charge in [0.2, 0.25) is 5.91 Å². The summed E-state index contributed by atoms with van der Waals surface area (Å²) < 4.78 is 0. The standard InChI is InChI=1S/C19H20N4O2S/c1-14(21-18(24)13-26-12-11-20)15-7-9-17(10-8-15)23-19(25)22-16-5-3-2-4-6-16/h2-10,14H,12-13H2,1H3,(H,21,24)(H2,22,23,25)/t14-/m0/s1. The van der Waals surface area contributed by atoms with Crippen LogP contribution in [0.1, 0.15) is 18.5 Å². The SMILES string of the molecule is C[C@H](NC(=O)CSCC#N)c1ccc(NC(=O)Nc2ccccc2)cc1. The van der Waals surface area contributed by atoms with Gasteiger partial charge in [-0.05, 0) is 36.8 Å². The molecule has 0 fully saturated rings. The molecule has 0 aromatic heterocycles. The number of nitrogens with one attached hydrogen (secondary N) is 3. The van der Waals surface area contributed by atoms with E-state index in [1.54, 1.807) is 12.1 Å². The van der Waals surface area contributed by atoms with Gasteiger partial charge in [-0.1, -0.05) is 30.3 Å². The summed E-state index contributed by atoms with van der Waals surface area (Å²) in [6.07, 6.45) is 0. The van der Waals surface area contributed by atoms with Crippen LogP contribution in [0.5, 0.6) is 0 Å². The van der Waals surface area contributed by atoms with Crippen molar-refractivity contribution in [1.82, 2.24) is 5.32 Å². The third-order valence-corrected chi connectivity index (χ3v) is 4.28. The van der Waals surface area contributed by atoms with Gasteiger partial charge in [0.05, 0.1) is 23.6 Å². The van der Waals surface area contributed by atoms with Crippen LogP contribution in [-0.4, -0.2) is 23.4 Å². The first-order valence-corrected chi connectivity index (χ1v) is 9.21. The second-order valence-corrected chi connectivity index (χ2v) is 6.49. The zero-order chi connectivity index (χ0) is 18.8. The van der Waals surface area contributed by atoms with E-state index in [1.165, 1.54) is 11.8 Å². The number of nitrogens with zero attached hydrogens (tertiary/aromatic N) is 1. The zero-order valence-corrected chi connectivity index (χ0v) is 15.2. The van der Waals surface area contributed by atoms with Crippen LogP contribution in [0.4, 0.5) is 16.2 Å². The maximum Gasteiger partial charge on any atom is 0.323 e. The van der Waals surface area contributed by atoms with E-state index in [0.717, 1.165) is 5.56 Å². The predicted molar refractivity (Wildman–Crippen MR) is 105 cm³/mol. The molecule has 0 unspecified atom stereocenters. The Kier molecular flexibility index (Phi) is 7.52. The first-order valence-electron chi connectivity index (χ1n) is 8.05. The number of anilines is 2. The van der Waals surface area contributed by atoms with Gasteiger partial charge >= 0.3 is 6.03 Å². The van der Waals surface area contributed by atoms with Gasteiger partial charge in [0, 0.05) is 11.4 Å². The lowest BCUT2D eigenvalue weighted by Crippen LogP contribution is -2.28. The van der Waals surface area contributed by atoms with Gasteiger partial charge in [0.1, 0.15) is 0 Å². The van der Waals surface area contributed by atoms with E-state index in [9.17, 15) is 9.59 Å². The highest BCUT2D eigenvalue weighted by molar-refractivity contribution is 8.00.